The van der Waals surface area contributed by atoms with E-state index in [0.29, 0.717) is 10.6 Å². The largest absolute Gasteiger partial charge is 0.467 e. The lowest BCUT2D eigenvalue weighted by Crippen LogP contribution is -2.58. The minimum Gasteiger partial charge on any atom is -0.467 e. The molecule has 0 heterocycles. The SMILES string of the molecule is COC(=O)[C@](NC(=O)OC(C)(C)C)(C(=O)/C=C/c1ccc(Cl)cc1)c1ccccc1. The van der Waals surface area contributed by atoms with Crippen molar-refractivity contribution in [3.05, 3.63) is 76.8 Å². The lowest BCUT2D eigenvalue weighted by atomic mass is 9.85. The van der Waals surface area contributed by atoms with Gasteiger partial charge in [0.1, 0.15) is 5.60 Å². The molecule has 0 aliphatic heterocycles. The third-order valence-electron chi connectivity index (χ3n) is 4.05. The van der Waals surface area contributed by atoms with E-state index < -0.39 is 29.0 Å². The number of hydrogen-bond acceptors (Lipinski definition) is 5. The van der Waals surface area contributed by atoms with Gasteiger partial charge in [-0.1, -0.05) is 60.1 Å². The van der Waals surface area contributed by atoms with Crippen LogP contribution in [-0.4, -0.2) is 30.6 Å². The highest BCUT2D eigenvalue weighted by molar-refractivity contribution is 6.30. The second-order valence-electron chi connectivity index (χ2n) is 7.48. The van der Waals surface area contributed by atoms with Gasteiger partial charge in [0, 0.05) is 5.02 Å². The molecule has 0 spiro atoms. The van der Waals surface area contributed by atoms with Gasteiger partial charge in [0.15, 0.2) is 5.78 Å². The zero-order valence-corrected chi connectivity index (χ0v) is 18.0. The Bertz CT molecular complexity index is 932. The van der Waals surface area contributed by atoms with Crippen molar-refractivity contribution in [3.8, 4) is 0 Å². The average Bonchev–Trinajstić information content (AvgIpc) is 2.70. The van der Waals surface area contributed by atoms with Crippen LogP contribution in [0.5, 0.6) is 0 Å². The van der Waals surface area contributed by atoms with Gasteiger partial charge < -0.3 is 9.47 Å². The highest BCUT2D eigenvalue weighted by Crippen LogP contribution is 2.26. The predicted molar refractivity (Wildman–Crippen MR) is 115 cm³/mol. The molecule has 1 N–H and O–H groups in total. The van der Waals surface area contributed by atoms with Crippen LogP contribution in [0.15, 0.2) is 60.7 Å². The molecule has 0 aliphatic rings. The Morgan fingerprint density at radius 3 is 2.10 bits per heavy atom. The Hall–Kier alpha value is -3.12. The van der Waals surface area contributed by atoms with Gasteiger partial charge in [-0.2, -0.15) is 0 Å². The molecule has 0 fully saturated rings. The van der Waals surface area contributed by atoms with Crippen molar-refractivity contribution in [1.82, 2.24) is 5.32 Å². The van der Waals surface area contributed by atoms with Crippen molar-refractivity contribution in [1.29, 1.82) is 0 Å². The van der Waals surface area contributed by atoms with E-state index in [2.05, 4.69) is 5.32 Å². The Labute approximate surface area is 180 Å². The first-order chi connectivity index (χ1) is 14.1. The topological polar surface area (TPSA) is 81.7 Å². The zero-order chi connectivity index (χ0) is 22.4. The first-order valence-electron chi connectivity index (χ1n) is 9.21. The Morgan fingerprint density at radius 1 is 0.967 bits per heavy atom. The van der Waals surface area contributed by atoms with E-state index >= 15 is 0 Å². The van der Waals surface area contributed by atoms with Crippen LogP contribution in [0.2, 0.25) is 5.02 Å². The number of halogens is 1. The Balaban J connectivity index is 2.52. The van der Waals surface area contributed by atoms with Crippen molar-refractivity contribution in [2.24, 2.45) is 0 Å². The molecule has 0 aliphatic carbocycles. The number of benzene rings is 2. The second kappa shape index (κ2) is 9.59. The van der Waals surface area contributed by atoms with Crippen LogP contribution in [0.4, 0.5) is 4.79 Å². The number of esters is 1. The van der Waals surface area contributed by atoms with Gasteiger partial charge in [-0.15, -0.1) is 0 Å². The third kappa shape index (κ3) is 5.70. The number of ether oxygens (including phenoxy) is 2. The van der Waals surface area contributed by atoms with Crippen molar-refractivity contribution in [2.45, 2.75) is 31.9 Å². The lowest BCUT2D eigenvalue weighted by Gasteiger charge is -2.31. The molecule has 30 heavy (non-hydrogen) atoms. The molecule has 7 heteroatoms. The predicted octanol–water partition coefficient (Wildman–Crippen LogP) is 4.52. The molecule has 0 unspecified atom stereocenters. The van der Waals surface area contributed by atoms with E-state index in [-0.39, 0.29) is 5.56 Å². The summed E-state index contributed by atoms with van der Waals surface area (Å²) in [5.74, 6) is -1.63. The smallest absolute Gasteiger partial charge is 0.409 e. The number of ketones is 1. The Kier molecular flexibility index (Phi) is 7.40. The molecule has 0 saturated heterocycles. The molecule has 0 saturated carbocycles. The van der Waals surface area contributed by atoms with Crippen LogP contribution in [-0.2, 0) is 24.6 Å². The summed E-state index contributed by atoms with van der Waals surface area (Å²) in [4.78, 5) is 38.7. The van der Waals surface area contributed by atoms with Gasteiger partial charge in [0.2, 0.25) is 5.54 Å². The highest BCUT2D eigenvalue weighted by Gasteiger charge is 2.49. The maximum absolute atomic E-state index is 13.3. The summed E-state index contributed by atoms with van der Waals surface area (Å²) < 4.78 is 10.2. The van der Waals surface area contributed by atoms with Crippen molar-refractivity contribution >= 4 is 35.5 Å². The molecule has 158 valence electrons. The monoisotopic (exact) mass is 429 g/mol. The Morgan fingerprint density at radius 2 is 1.57 bits per heavy atom. The van der Waals surface area contributed by atoms with Crippen LogP contribution in [0.25, 0.3) is 6.08 Å². The molecule has 6 nitrogen and oxygen atoms in total. The third-order valence-corrected chi connectivity index (χ3v) is 4.31. The lowest BCUT2D eigenvalue weighted by molar-refractivity contribution is -0.152. The second-order valence-corrected chi connectivity index (χ2v) is 7.92. The molecule has 2 aromatic carbocycles. The normalized spacial score (nSPS) is 13.4. The van der Waals surface area contributed by atoms with Gasteiger partial charge in [-0.25, -0.2) is 9.59 Å². The molecule has 1 amide bonds. The summed E-state index contributed by atoms with van der Waals surface area (Å²) in [5.41, 5.74) is -2.00. The number of alkyl carbamates (subject to hydrolysis) is 1. The number of carbonyl (C=O) groups is 3. The van der Waals surface area contributed by atoms with Gasteiger partial charge in [-0.3, -0.25) is 10.1 Å². The van der Waals surface area contributed by atoms with Crippen LogP contribution in [0.1, 0.15) is 31.9 Å². The van der Waals surface area contributed by atoms with Crippen molar-refractivity contribution in [3.63, 3.8) is 0 Å². The molecule has 0 bridgehead atoms. The van der Waals surface area contributed by atoms with E-state index in [0.717, 1.165) is 7.11 Å². The fourth-order valence-corrected chi connectivity index (χ4v) is 2.84. The zero-order valence-electron chi connectivity index (χ0n) is 17.3. The molecule has 0 radical (unpaired) electrons. The molecule has 2 aromatic rings. The number of methoxy groups -OCH3 is 1. The van der Waals surface area contributed by atoms with Crippen molar-refractivity contribution < 1.29 is 23.9 Å². The van der Waals surface area contributed by atoms with Crippen LogP contribution in [0, 0.1) is 0 Å². The first-order valence-corrected chi connectivity index (χ1v) is 9.59. The van der Waals surface area contributed by atoms with Crippen LogP contribution < -0.4 is 5.32 Å². The fourth-order valence-electron chi connectivity index (χ4n) is 2.71. The van der Waals surface area contributed by atoms with E-state index in [1.807, 2.05) is 0 Å². The minimum absolute atomic E-state index is 0.244. The van der Waals surface area contributed by atoms with E-state index in [1.54, 1.807) is 75.4 Å². The fraction of sp³-hybridized carbons (Fsp3) is 0.261. The molecular formula is C23H24ClNO5. The summed E-state index contributed by atoms with van der Waals surface area (Å²) in [6.07, 6.45) is 1.81. The van der Waals surface area contributed by atoms with E-state index in [9.17, 15) is 14.4 Å². The maximum Gasteiger partial charge on any atom is 0.409 e. The van der Waals surface area contributed by atoms with Gasteiger partial charge in [-0.05, 0) is 50.1 Å². The van der Waals surface area contributed by atoms with Crippen molar-refractivity contribution in [2.75, 3.05) is 7.11 Å². The highest BCUT2D eigenvalue weighted by atomic mass is 35.5. The number of hydrogen-bond donors (Lipinski definition) is 1. The average molecular weight is 430 g/mol. The van der Waals surface area contributed by atoms with Gasteiger partial charge in [0.25, 0.3) is 0 Å². The summed E-state index contributed by atoms with van der Waals surface area (Å²) >= 11 is 5.88. The number of rotatable bonds is 6. The quantitative estimate of drug-likeness (QED) is 0.415. The summed E-state index contributed by atoms with van der Waals surface area (Å²) in [6.45, 7) is 5.03. The summed E-state index contributed by atoms with van der Waals surface area (Å²) in [7, 11) is 1.15. The maximum atomic E-state index is 13.3. The van der Waals surface area contributed by atoms with Gasteiger partial charge in [0.05, 0.1) is 7.11 Å². The molecule has 2 rings (SSSR count). The first kappa shape index (κ1) is 23.2. The minimum atomic E-state index is -2.11. The summed E-state index contributed by atoms with van der Waals surface area (Å²) in [6, 6.07) is 14.9. The van der Waals surface area contributed by atoms with Gasteiger partial charge >= 0.3 is 12.1 Å². The van der Waals surface area contributed by atoms with E-state index in [1.165, 1.54) is 12.2 Å². The number of carbonyl (C=O) groups excluding carboxylic acids is 3. The molecule has 1 atom stereocenters. The van der Waals surface area contributed by atoms with Crippen LogP contribution in [0.3, 0.4) is 0 Å². The van der Waals surface area contributed by atoms with Crippen LogP contribution >= 0.6 is 11.6 Å². The molecule has 0 aromatic heterocycles. The standard InChI is InChI=1S/C23H24ClNO5/c1-22(2,3)30-21(28)25-23(20(27)29-4,17-8-6-5-7-9-17)19(26)15-12-16-10-13-18(24)14-11-16/h5-15H,1-4H3,(H,25,28)/b15-12+/t23-/m1/s1. The summed E-state index contributed by atoms with van der Waals surface area (Å²) in [5, 5.41) is 3.00. The number of nitrogens with one attached hydrogen (secondary N) is 1. The molecular weight excluding hydrogens is 406 g/mol. The number of amides is 1. The van der Waals surface area contributed by atoms with E-state index in [4.69, 9.17) is 21.1 Å².